The monoisotopic (exact) mass is 486 g/mol. The SMILES string of the molecule is O=C(O)Cn1cc([C@H](C(=O)O)N2CCN(Cc3ccccn3)CC2)c2cc(Br)ccc21. The summed E-state index contributed by atoms with van der Waals surface area (Å²) < 4.78 is 2.42. The van der Waals surface area contributed by atoms with Crippen molar-refractivity contribution in [3.8, 4) is 0 Å². The number of aromatic nitrogens is 2. The minimum Gasteiger partial charge on any atom is -0.480 e. The predicted molar refractivity (Wildman–Crippen MR) is 119 cm³/mol. The highest BCUT2D eigenvalue weighted by molar-refractivity contribution is 9.10. The zero-order valence-electron chi connectivity index (χ0n) is 16.8. The zero-order valence-corrected chi connectivity index (χ0v) is 18.4. The van der Waals surface area contributed by atoms with Crippen molar-refractivity contribution in [3.63, 3.8) is 0 Å². The number of nitrogens with zero attached hydrogens (tertiary/aromatic N) is 4. The maximum Gasteiger partial charge on any atom is 0.325 e. The molecule has 3 heterocycles. The van der Waals surface area contributed by atoms with Crippen LogP contribution in [0.25, 0.3) is 10.9 Å². The number of carboxylic acids is 2. The van der Waals surface area contributed by atoms with Crippen molar-refractivity contribution < 1.29 is 19.8 Å². The lowest BCUT2D eigenvalue weighted by atomic mass is 10.0. The minimum atomic E-state index is -0.971. The van der Waals surface area contributed by atoms with Crippen molar-refractivity contribution in [3.05, 3.63) is 64.5 Å². The summed E-state index contributed by atoms with van der Waals surface area (Å²) in [6, 6.07) is 10.5. The molecule has 0 saturated carbocycles. The van der Waals surface area contributed by atoms with Gasteiger partial charge in [0.15, 0.2) is 0 Å². The van der Waals surface area contributed by atoms with E-state index < -0.39 is 18.0 Å². The standard InChI is InChI=1S/C22H23BrN4O4/c23-15-4-5-19-17(11-15)18(13-27(19)14-20(28)29)21(22(30)31)26-9-7-25(8-10-26)12-16-3-1-2-6-24-16/h1-6,11,13,21H,7-10,12,14H2,(H,28,29)(H,30,31)/t21-/m1/s1. The Bertz CT molecular complexity index is 1090. The molecule has 0 unspecified atom stereocenters. The predicted octanol–water partition coefficient (Wildman–Crippen LogP) is 2.83. The number of carboxylic acid groups (broad SMARTS) is 2. The molecule has 9 heteroatoms. The first kappa shape index (κ1) is 21.5. The topological polar surface area (TPSA) is 98.9 Å². The van der Waals surface area contributed by atoms with E-state index >= 15 is 0 Å². The third-order valence-corrected chi connectivity index (χ3v) is 6.09. The van der Waals surface area contributed by atoms with Crippen molar-refractivity contribution in [2.75, 3.05) is 26.2 Å². The second-order valence-electron chi connectivity index (χ2n) is 7.64. The number of hydrogen-bond acceptors (Lipinski definition) is 5. The highest BCUT2D eigenvalue weighted by Gasteiger charge is 2.33. The highest BCUT2D eigenvalue weighted by atomic mass is 79.9. The second-order valence-corrected chi connectivity index (χ2v) is 8.56. The van der Waals surface area contributed by atoms with Crippen LogP contribution in [0.5, 0.6) is 0 Å². The Hall–Kier alpha value is -2.75. The number of rotatable bonds is 7. The number of carbonyl (C=O) groups is 2. The molecule has 2 aromatic heterocycles. The van der Waals surface area contributed by atoms with Gasteiger partial charge in [0, 0.05) is 66.1 Å². The lowest BCUT2D eigenvalue weighted by Gasteiger charge is -2.37. The smallest absolute Gasteiger partial charge is 0.325 e. The van der Waals surface area contributed by atoms with Gasteiger partial charge in [0.05, 0.1) is 5.69 Å². The Balaban J connectivity index is 1.58. The molecule has 162 valence electrons. The molecule has 2 N–H and O–H groups in total. The quantitative estimate of drug-likeness (QED) is 0.529. The van der Waals surface area contributed by atoms with Gasteiger partial charge in [-0.15, -0.1) is 0 Å². The van der Waals surface area contributed by atoms with E-state index in [2.05, 4.69) is 25.8 Å². The van der Waals surface area contributed by atoms with Crippen LogP contribution in [-0.2, 0) is 22.7 Å². The summed E-state index contributed by atoms with van der Waals surface area (Å²) in [5.41, 5.74) is 2.32. The molecule has 1 saturated heterocycles. The van der Waals surface area contributed by atoms with Crippen molar-refractivity contribution in [1.82, 2.24) is 19.4 Å². The van der Waals surface area contributed by atoms with Gasteiger partial charge in [-0.1, -0.05) is 22.0 Å². The Morgan fingerprint density at radius 1 is 1.10 bits per heavy atom. The largest absolute Gasteiger partial charge is 0.480 e. The molecular weight excluding hydrogens is 464 g/mol. The van der Waals surface area contributed by atoms with E-state index in [0.29, 0.717) is 24.2 Å². The number of hydrogen-bond donors (Lipinski definition) is 2. The summed E-state index contributed by atoms with van der Waals surface area (Å²) in [5.74, 6) is -1.91. The Morgan fingerprint density at radius 2 is 1.87 bits per heavy atom. The minimum absolute atomic E-state index is 0.220. The molecular formula is C22H23BrN4O4. The van der Waals surface area contributed by atoms with E-state index in [0.717, 1.165) is 35.2 Å². The zero-order chi connectivity index (χ0) is 22.0. The van der Waals surface area contributed by atoms with Crippen LogP contribution in [0.3, 0.4) is 0 Å². The van der Waals surface area contributed by atoms with E-state index in [9.17, 15) is 19.8 Å². The van der Waals surface area contributed by atoms with E-state index in [4.69, 9.17) is 0 Å². The summed E-state index contributed by atoms with van der Waals surface area (Å²) in [4.78, 5) is 32.2. The average Bonchev–Trinajstić information content (AvgIpc) is 3.06. The second kappa shape index (κ2) is 9.17. The summed E-state index contributed by atoms with van der Waals surface area (Å²) >= 11 is 3.45. The maximum absolute atomic E-state index is 12.3. The summed E-state index contributed by atoms with van der Waals surface area (Å²) in [5, 5.41) is 20.1. The maximum atomic E-state index is 12.3. The Morgan fingerprint density at radius 3 is 2.52 bits per heavy atom. The summed E-state index contributed by atoms with van der Waals surface area (Å²) in [6.45, 7) is 3.18. The molecule has 3 aromatic rings. The Kier molecular flexibility index (Phi) is 6.35. The van der Waals surface area contributed by atoms with Crippen LogP contribution < -0.4 is 0 Å². The molecule has 0 aliphatic carbocycles. The van der Waals surface area contributed by atoms with Crippen molar-refractivity contribution in [2.45, 2.75) is 19.1 Å². The lowest BCUT2D eigenvalue weighted by molar-refractivity contribution is -0.144. The number of piperazine rings is 1. The van der Waals surface area contributed by atoms with Crippen LogP contribution in [0.1, 0.15) is 17.3 Å². The number of fused-ring (bicyclic) bond motifs is 1. The fourth-order valence-electron chi connectivity index (χ4n) is 4.18. The molecule has 0 radical (unpaired) electrons. The van der Waals surface area contributed by atoms with Crippen molar-refractivity contribution in [2.24, 2.45) is 0 Å². The molecule has 0 amide bonds. The average molecular weight is 487 g/mol. The molecule has 1 atom stereocenters. The van der Waals surface area contributed by atoms with E-state index in [1.807, 2.05) is 41.3 Å². The molecule has 31 heavy (non-hydrogen) atoms. The molecule has 0 bridgehead atoms. The van der Waals surface area contributed by atoms with Gasteiger partial charge < -0.3 is 14.8 Å². The molecule has 1 aliphatic rings. The van der Waals surface area contributed by atoms with Gasteiger partial charge in [-0.25, -0.2) is 0 Å². The van der Waals surface area contributed by atoms with Gasteiger partial charge >= 0.3 is 11.9 Å². The first-order valence-corrected chi connectivity index (χ1v) is 10.8. The van der Waals surface area contributed by atoms with Crippen molar-refractivity contribution in [1.29, 1.82) is 0 Å². The first-order valence-electron chi connectivity index (χ1n) is 10.0. The molecule has 1 aliphatic heterocycles. The summed E-state index contributed by atoms with van der Waals surface area (Å²) in [7, 11) is 0. The number of aliphatic carboxylic acids is 2. The highest BCUT2D eigenvalue weighted by Crippen LogP contribution is 2.33. The van der Waals surface area contributed by atoms with Crippen LogP contribution >= 0.6 is 15.9 Å². The van der Waals surface area contributed by atoms with Gasteiger partial charge in [0.25, 0.3) is 0 Å². The third kappa shape index (κ3) is 4.79. The van der Waals surface area contributed by atoms with E-state index in [1.165, 1.54) is 0 Å². The van der Waals surface area contributed by atoms with Crippen LogP contribution in [0.2, 0.25) is 0 Å². The van der Waals surface area contributed by atoms with Crippen LogP contribution in [0.4, 0.5) is 0 Å². The molecule has 0 spiro atoms. The lowest BCUT2D eigenvalue weighted by Crippen LogP contribution is -2.48. The van der Waals surface area contributed by atoms with Crippen LogP contribution in [0.15, 0.2) is 53.3 Å². The van der Waals surface area contributed by atoms with E-state index in [-0.39, 0.29) is 6.54 Å². The number of pyridine rings is 1. The van der Waals surface area contributed by atoms with Gasteiger partial charge in [-0.3, -0.25) is 24.4 Å². The molecule has 1 fully saturated rings. The van der Waals surface area contributed by atoms with Gasteiger partial charge in [-0.05, 0) is 30.3 Å². The fourth-order valence-corrected chi connectivity index (χ4v) is 4.54. The fraction of sp³-hybridized carbons (Fsp3) is 0.318. The van der Waals surface area contributed by atoms with E-state index in [1.54, 1.807) is 17.0 Å². The third-order valence-electron chi connectivity index (χ3n) is 5.59. The van der Waals surface area contributed by atoms with Gasteiger partial charge in [0.1, 0.15) is 12.6 Å². The van der Waals surface area contributed by atoms with Gasteiger partial charge in [0.2, 0.25) is 0 Å². The normalized spacial score (nSPS) is 16.4. The number of halogens is 1. The van der Waals surface area contributed by atoms with Crippen molar-refractivity contribution >= 4 is 38.8 Å². The Labute approximate surface area is 187 Å². The molecule has 1 aromatic carbocycles. The first-order chi connectivity index (χ1) is 14.9. The van der Waals surface area contributed by atoms with Crippen LogP contribution in [-0.4, -0.2) is 67.7 Å². The van der Waals surface area contributed by atoms with Gasteiger partial charge in [-0.2, -0.15) is 0 Å². The number of benzene rings is 1. The summed E-state index contributed by atoms with van der Waals surface area (Å²) in [6.07, 6.45) is 3.45. The molecule has 4 rings (SSSR count). The molecule has 8 nitrogen and oxygen atoms in total. The van der Waals surface area contributed by atoms with Crippen LogP contribution in [0, 0.1) is 0 Å².